The molecule has 2 saturated carbocycles. The van der Waals surface area contributed by atoms with E-state index in [2.05, 4.69) is 15.5 Å². The van der Waals surface area contributed by atoms with E-state index in [1.165, 1.54) is 11.0 Å². The quantitative estimate of drug-likeness (QED) is 0.483. The average Bonchev–Trinajstić information content (AvgIpc) is 3.40. The predicted molar refractivity (Wildman–Crippen MR) is 135 cm³/mol. The van der Waals surface area contributed by atoms with Crippen LogP contribution in [0.4, 0.5) is 18.9 Å². The molecule has 1 N–H and O–H groups in total. The van der Waals surface area contributed by atoms with Crippen LogP contribution < -0.4 is 10.2 Å². The summed E-state index contributed by atoms with van der Waals surface area (Å²) in [5.41, 5.74) is 0.957. The second-order valence-electron chi connectivity index (χ2n) is 10.7. The molecule has 2 aromatic carbocycles. The molecule has 0 bridgehead atoms. The van der Waals surface area contributed by atoms with Gasteiger partial charge in [0.15, 0.2) is 0 Å². The summed E-state index contributed by atoms with van der Waals surface area (Å²) in [6.45, 7) is 0.186. The molecule has 200 valence electrons. The molecule has 7 nitrogen and oxygen atoms in total. The minimum absolute atomic E-state index is 0.0337. The number of aromatic nitrogens is 3. The van der Waals surface area contributed by atoms with Gasteiger partial charge in [-0.3, -0.25) is 4.79 Å². The van der Waals surface area contributed by atoms with Crippen molar-refractivity contribution in [1.29, 1.82) is 0 Å². The number of hydrogen-bond acceptors (Lipinski definition) is 5. The number of carbonyl (C=O) groups is 1. The summed E-state index contributed by atoms with van der Waals surface area (Å²) < 4.78 is 49.8. The van der Waals surface area contributed by atoms with Gasteiger partial charge in [-0.05, 0) is 66.6 Å². The Morgan fingerprint density at radius 2 is 1.97 bits per heavy atom. The van der Waals surface area contributed by atoms with Crippen molar-refractivity contribution in [2.45, 2.75) is 68.9 Å². The molecule has 2 heterocycles. The first-order valence-electron chi connectivity index (χ1n) is 13.0. The van der Waals surface area contributed by atoms with E-state index in [1.54, 1.807) is 25.6 Å². The highest BCUT2D eigenvalue weighted by Crippen LogP contribution is 2.50. The first-order valence-corrected chi connectivity index (χ1v) is 13.0. The van der Waals surface area contributed by atoms with Gasteiger partial charge < -0.3 is 19.5 Å². The van der Waals surface area contributed by atoms with E-state index >= 15 is 0 Å². The Morgan fingerprint density at radius 1 is 1.18 bits per heavy atom. The van der Waals surface area contributed by atoms with Crippen molar-refractivity contribution in [3.05, 3.63) is 76.4 Å². The van der Waals surface area contributed by atoms with Crippen molar-refractivity contribution >= 4 is 11.6 Å². The fraction of sp³-hybridized carbons (Fsp3) is 0.464. The molecule has 6 rings (SSSR count). The number of anilines is 1. The number of benzene rings is 2. The van der Waals surface area contributed by atoms with Gasteiger partial charge in [0, 0.05) is 38.0 Å². The lowest BCUT2D eigenvalue weighted by molar-refractivity contribution is -0.138. The lowest BCUT2D eigenvalue weighted by Crippen LogP contribution is -2.48. The molecule has 38 heavy (non-hydrogen) atoms. The van der Waals surface area contributed by atoms with E-state index in [-0.39, 0.29) is 23.8 Å². The van der Waals surface area contributed by atoms with E-state index in [1.807, 2.05) is 29.8 Å². The zero-order valence-electron chi connectivity index (χ0n) is 21.4. The summed E-state index contributed by atoms with van der Waals surface area (Å²) in [5.74, 6) is 0.381. The first kappa shape index (κ1) is 25.1. The predicted octanol–water partition coefficient (Wildman–Crippen LogP) is 4.73. The molecular weight excluding hydrogens is 495 g/mol. The third kappa shape index (κ3) is 4.10. The van der Waals surface area contributed by atoms with Gasteiger partial charge in [-0.1, -0.05) is 18.6 Å². The Hall–Kier alpha value is -3.24. The summed E-state index contributed by atoms with van der Waals surface area (Å²) in [7, 11) is 3.56. The van der Waals surface area contributed by atoms with Gasteiger partial charge in [0.1, 0.15) is 12.2 Å². The maximum absolute atomic E-state index is 14.1. The van der Waals surface area contributed by atoms with E-state index in [0.29, 0.717) is 36.7 Å². The lowest BCUT2D eigenvalue weighted by Gasteiger charge is -2.46. The Bertz CT molecular complexity index is 1380. The highest BCUT2D eigenvalue weighted by atomic mass is 19.4. The lowest BCUT2D eigenvalue weighted by atomic mass is 9.62. The SMILES string of the molecule is COC1CC(c2cccc(N3Cc4c(cc(CNC5CCC5)cc4C(F)(F)F)C3=O)c2)(c2nncn2C)C1. The van der Waals surface area contributed by atoms with E-state index < -0.39 is 23.1 Å². The van der Waals surface area contributed by atoms with Gasteiger partial charge in [-0.25, -0.2) is 0 Å². The van der Waals surface area contributed by atoms with E-state index in [9.17, 15) is 18.0 Å². The van der Waals surface area contributed by atoms with Crippen LogP contribution in [0.5, 0.6) is 0 Å². The maximum Gasteiger partial charge on any atom is 0.416 e. The molecule has 1 amide bonds. The van der Waals surface area contributed by atoms with E-state index in [0.717, 1.165) is 30.7 Å². The van der Waals surface area contributed by atoms with Crippen LogP contribution in [0.15, 0.2) is 42.7 Å². The molecular formula is C28H30F3N5O2. The van der Waals surface area contributed by atoms with Crippen LogP contribution in [0.2, 0.25) is 0 Å². The van der Waals surface area contributed by atoms with Crippen LogP contribution in [0.3, 0.4) is 0 Å². The molecule has 10 heteroatoms. The number of alkyl halides is 3. The Kier molecular flexibility index (Phi) is 6.07. The van der Waals surface area contributed by atoms with E-state index in [4.69, 9.17) is 4.74 Å². The summed E-state index contributed by atoms with van der Waals surface area (Å²) >= 11 is 0. The van der Waals surface area contributed by atoms with Gasteiger partial charge in [0.2, 0.25) is 0 Å². The fourth-order valence-corrected chi connectivity index (χ4v) is 6.03. The minimum Gasteiger partial charge on any atom is -0.381 e. The number of rotatable bonds is 7. The monoisotopic (exact) mass is 525 g/mol. The standard InChI is InChI=1S/C28H30F3N5O2/c1-35-16-33-34-26(35)27(12-21(13-27)38-2)18-5-3-8-20(11-18)36-15-23-22(25(36)37)9-17(10-24(23)28(29,30)31)14-32-19-6-4-7-19/h3,5,8-11,16,19,21,32H,4,6-7,12-15H2,1-2H3. The molecule has 0 radical (unpaired) electrons. The number of nitrogens with one attached hydrogen (secondary N) is 1. The highest BCUT2D eigenvalue weighted by molar-refractivity contribution is 6.10. The zero-order chi connectivity index (χ0) is 26.7. The Morgan fingerprint density at radius 3 is 2.61 bits per heavy atom. The van der Waals surface area contributed by atoms with Crippen LogP contribution in [-0.4, -0.2) is 39.9 Å². The number of carbonyl (C=O) groups excluding carboxylic acids is 1. The van der Waals surface area contributed by atoms with Crippen molar-refractivity contribution < 1.29 is 22.7 Å². The van der Waals surface area contributed by atoms with Crippen molar-refractivity contribution in [3.63, 3.8) is 0 Å². The third-order valence-electron chi connectivity index (χ3n) is 8.44. The van der Waals surface area contributed by atoms with Crippen molar-refractivity contribution in [2.75, 3.05) is 12.0 Å². The van der Waals surface area contributed by atoms with Gasteiger partial charge in [0.05, 0.1) is 23.6 Å². The molecule has 0 saturated heterocycles. The van der Waals surface area contributed by atoms with Crippen LogP contribution in [-0.2, 0) is 36.5 Å². The summed E-state index contributed by atoms with van der Waals surface area (Å²) in [6.07, 6.45) is 1.75. The number of aryl methyl sites for hydroxylation is 1. The highest BCUT2D eigenvalue weighted by Gasteiger charge is 2.50. The zero-order valence-corrected chi connectivity index (χ0v) is 21.4. The van der Waals surface area contributed by atoms with Crippen molar-refractivity contribution in [2.24, 2.45) is 7.05 Å². The number of fused-ring (bicyclic) bond motifs is 1. The van der Waals surface area contributed by atoms with Gasteiger partial charge in [-0.15, -0.1) is 10.2 Å². The largest absolute Gasteiger partial charge is 0.416 e. The van der Waals surface area contributed by atoms with Gasteiger partial charge >= 0.3 is 6.18 Å². The summed E-state index contributed by atoms with van der Waals surface area (Å²) in [6, 6.07) is 10.6. The second-order valence-corrected chi connectivity index (χ2v) is 10.7. The van der Waals surface area contributed by atoms with Gasteiger partial charge in [-0.2, -0.15) is 13.2 Å². The normalized spacial score (nSPS) is 23.3. The topological polar surface area (TPSA) is 72.3 Å². The third-order valence-corrected chi connectivity index (χ3v) is 8.44. The van der Waals surface area contributed by atoms with Gasteiger partial charge in [0.25, 0.3) is 5.91 Å². The summed E-state index contributed by atoms with van der Waals surface area (Å²) in [5, 5.41) is 11.7. The van der Waals surface area contributed by atoms with Crippen LogP contribution in [0.1, 0.15) is 70.5 Å². The van der Waals surface area contributed by atoms with Crippen LogP contribution in [0.25, 0.3) is 0 Å². The molecule has 1 aromatic heterocycles. The molecule has 0 unspecified atom stereocenters. The Balaban J connectivity index is 1.34. The maximum atomic E-state index is 14.1. The molecule has 0 spiro atoms. The number of hydrogen-bond donors (Lipinski definition) is 1. The number of amides is 1. The molecule has 1 aliphatic heterocycles. The number of halogens is 3. The molecule has 2 fully saturated rings. The fourth-order valence-electron chi connectivity index (χ4n) is 6.03. The number of nitrogens with zero attached hydrogens (tertiary/aromatic N) is 4. The van der Waals surface area contributed by atoms with Crippen LogP contribution in [0, 0.1) is 0 Å². The average molecular weight is 526 g/mol. The number of methoxy groups -OCH3 is 1. The number of ether oxygens (including phenoxy) is 1. The molecule has 3 aliphatic rings. The molecule has 2 aliphatic carbocycles. The smallest absolute Gasteiger partial charge is 0.381 e. The van der Waals surface area contributed by atoms with Crippen molar-refractivity contribution in [1.82, 2.24) is 20.1 Å². The molecule has 3 aromatic rings. The summed E-state index contributed by atoms with van der Waals surface area (Å²) in [4.78, 5) is 15.0. The van der Waals surface area contributed by atoms with Crippen molar-refractivity contribution in [3.8, 4) is 0 Å². The molecule has 0 atom stereocenters. The van der Waals surface area contributed by atoms with Crippen LogP contribution >= 0.6 is 0 Å². The first-order chi connectivity index (χ1) is 18.2. The minimum atomic E-state index is -4.55. The Labute approximate surface area is 219 Å². The second kappa shape index (κ2) is 9.20.